The number of ether oxygens (including phenoxy) is 1. The fourth-order valence-corrected chi connectivity index (χ4v) is 1.58. The molecule has 0 saturated heterocycles. The Bertz CT molecular complexity index is 567. The summed E-state index contributed by atoms with van der Waals surface area (Å²) < 4.78 is 5.38. The molecule has 0 aliphatic rings. The summed E-state index contributed by atoms with van der Waals surface area (Å²) >= 11 is 0. The van der Waals surface area contributed by atoms with Gasteiger partial charge in [0.15, 0.2) is 0 Å². The monoisotopic (exact) mass is 257 g/mol. The van der Waals surface area contributed by atoms with E-state index in [4.69, 9.17) is 9.84 Å². The Kier molecular flexibility index (Phi) is 4.53. The van der Waals surface area contributed by atoms with Gasteiger partial charge in [-0.1, -0.05) is 24.3 Å². The first-order valence-corrected chi connectivity index (χ1v) is 5.96. The van der Waals surface area contributed by atoms with Gasteiger partial charge in [0.25, 0.3) is 0 Å². The predicted molar refractivity (Wildman–Crippen MR) is 74.4 cm³/mol. The van der Waals surface area contributed by atoms with Crippen molar-refractivity contribution in [3.63, 3.8) is 0 Å². The lowest BCUT2D eigenvalue weighted by Crippen LogP contribution is -2.01. The molecule has 0 unspecified atom stereocenters. The molecule has 4 nitrogen and oxygen atoms in total. The van der Waals surface area contributed by atoms with E-state index >= 15 is 0 Å². The maximum absolute atomic E-state index is 9.64. The third-order valence-corrected chi connectivity index (χ3v) is 2.49. The van der Waals surface area contributed by atoms with Crippen LogP contribution in [0.5, 0.6) is 11.5 Å². The maximum atomic E-state index is 9.64. The Morgan fingerprint density at radius 3 is 2.58 bits per heavy atom. The highest BCUT2D eigenvalue weighted by Gasteiger charge is 2.01. The molecule has 2 aromatic carbocycles. The Hall–Kier alpha value is -2.33. The Morgan fingerprint density at radius 1 is 1.05 bits per heavy atom. The zero-order valence-corrected chi connectivity index (χ0v) is 10.4. The van der Waals surface area contributed by atoms with Crippen molar-refractivity contribution >= 4 is 11.9 Å². The molecule has 19 heavy (non-hydrogen) atoms. The van der Waals surface area contributed by atoms with Crippen molar-refractivity contribution in [3.05, 3.63) is 54.1 Å². The molecule has 0 atom stereocenters. The summed E-state index contributed by atoms with van der Waals surface area (Å²) in [5.74, 6) is 0.781. The van der Waals surface area contributed by atoms with Crippen molar-refractivity contribution < 1.29 is 14.9 Å². The number of hydrogen-bond donors (Lipinski definition) is 2. The summed E-state index contributed by atoms with van der Waals surface area (Å²) in [5, 5.41) is 18.4. The molecule has 0 fully saturated rings. The number of para-hydroxylation sites is 3. The van der Waals surface area contributed by atoms with E-state index in [9.17, 15) is 5.11 Å². The van der Waals surface area contributed by atoms with Gasteiger partial charge in [0, 0.05) is 11.8 Å². The van der Waals surface area contributed by atoms with E-state index in [1.165, 1.54) is 0 Å². The van der Waals surface area contributed by atoms with E-state index in [-0.39, 0.29) is 19.0 Å². The van der Waals surface area contributed by atoms with Crippen molar-refractivity contribution in [1.29, 1.82) is 0 Å². The SMILES string of the molecule is OCCOc1ccccc1N=Cc1ccccc1O. The molecule has 2 rings (SSSR count). The smallest absolute Gasteiger partial charge is 0.145 e. The zero-order valence-electron chi connectivity index (χ0n) is 10.4. The summed E-state index contributed by atoms with van der Waals surface area (Å²) in [5.41, 5.74) is 1.29. The van der Waals surface area contributed by atoms with Crippen LogP contribution in [0, 0.1) is 0 Å². The van der Waals surface area contributed by atoms with Crippen molar-refractivity contribution in [2.45, 2.75) is 0 Å². The van der Waals surface area contributed by atoms with Crippen molar-refractivity contribution in [2.75, 3.05) is 13.2 Å². The van der Waals surface area contributed by atoms with Gasteiger partial charge in [0.05, 0.1) is 6.61 Å². The minimum absolute atomic E-state index is 0.0441. The largest absolute Gasteiger partial charge is 0.507 e. The first-order chi connectivity index (χ1) is 9.31. The van der Waals surface area contributed by atoms with Gasteiger partial charge in [-0.25, -0.2) is 0 Å². The molecule has 2 aromatic rings. The van der Waals surface area contributed by atoms with Gasteiger partial charge in [-0.15, -0.1) is 0 Å². The van der Waals surface area contributed by atoms with Crippen LogP contribution in [0.15, 0.2) is 53.5 Å². The summed E-state index contributed by atoms with van der Waals surface area (Å²) in [7, 11) is 0. The minimum atomic E-state index is -0.0441. The molecule has 0 bridgehead atoms. The van der Waals surface area contributed by atoms with Crippen LogP contribution in [0.3, 0.4) is 0 Å². The van der Waals surface area contributed by atoms with Crippen LogP contribution in [0.4, 0.5) is 5.69 Å². The van der Waals surface area contributed by atoms with Gasteiger partial charge >= 0.3 is 0 Å². The van der Waals surface area contributed by atoms with Gasteiger partial charge < -0.3 is 14.9 Å². The maximum Gasteiger partial charge on any atom is 0.145 e. The van der Waals surface area contributed by atoms with Crippen LogP contribution >= 0.6 is 0 Å². The average molecular weight is 257 g/mol. The number of phenolic OH excluding ortho intramolecular Hbond substituents is 1. The average Bonchev–Trinajstić information content (AvgIpc) is 2.45. The highest BCUT2D eigenvalue weighted by atomic mass is 16.5. The fraction of sp³-hybridized carbons (Fsp3) is 0.133. The summed E-state index contributed by atoms with van der Waals surface area (Å²) in [6, 6.07) is 14.2. The van der Waals surface area contributed by atoms with Gasteiger partial charge in [0.2, 0.25) is 0 Å². The topological polar surface area (TPSA) is 62.0 Å². The predicted octanol–water partition coefficient (Wildman–Crippen LogP) is 2.51. The summed E-state index contributed by atoms with van der Waals surface area (Å²) in [4.78, 5) is 4.30. The number of benzene rings is 2. The molecule has 0 spiro atoms. The van der Waals surface area contributed by atoms with Crippen LogP contribution in [-0.2, 0) is 0 Å². The van der Waals surface area contributed by atoms with Crippen LogP contribution in [0.2, 0.25) is 0 Å². The third kappa shape index (κ3) is 3.56. The molecule has 0 aromatic heterocycles. The number of aliphatic imine (C=N–C) groups is 1. The second-order valence-electron chi connectivity index (χ2n) is 3.86. The van der Waals surface area contributed by atoms with Crippen molar-refractivity contribution in [1.82, 2.24) is 0 Å². The van der Waals surface area contributed by atoms with Gasteiger partial charge in [-0.05, 0) is 24.3 Å². The number of aliphatic hydroxyl groups is 1. The first kappa shape index (κ1) is 13.1. The van der Waals surface area contributed by atoms with Crippen molar-refractivity contribution in [3.8, 4) is 11.5 Å². The molecule has 0 amide bonds. The number of hydrogen-bond acceptors (Lipinski definition) is 4. The zero-order chi connectivity index (χ0) is 13.5. The van der Waals surface area contributed by atoms with Crippen LogP contribution in [-0.4, -0.2) is 29.6 Å². The van der Waals surface area contributed by atoms with E-state index in [0.717, 1.165) is 0 Å². The summed E-state index contributed by atoms with van der Waals surface area (Å²) in [6.45, 7) is 0.181. The molecule has 0 aliphatic heterocycles. The minimum Gasteiger partial charge on any atom is -0.507 e. The number of rotatable bonds is 5. The van der Waals surface area contributed by atoms with Crippen LogP contribution in [0.25, 0.3) is 0 Å². The van der Waals surface area contributed by atoms with E-state index in [1.54, 1.807) is 30.5 Å². The molecule has 0 radical (unpaired) electrons. The standard InChI is InChI=1S/C15H15NO3/c17-9-10-19-15-8-4-2-6-13(15)16-11-12-5-1-3-7-14(12)18/h1-8,11,17-18H,9-10H2. The van der Waals surface area contributed by atoms with Gasteiger partial charge in [0.1, 0.15) is 23.8 Å². The fourth-order valence-electron chi connectivity index (χ4n) is 1.58. The van der Waals surface area contributed by atoms with Crippen molar-refractivity contribution in [2.24, 2.45) is 4.99 Å². The lowest BCUT2D eigenvalue weighted by Gasteiger charge is -2.06. The lowest BCUT2D eigenvalue weighted by molar-refractivity contribution is 0.202. The first-order valence-electron chi connectivity index (χ1n) is 5.96. The van der Waals surface area contributed by atoms with Gasteiger partial charge in [-0.2, -0.15) is 0 Å². The van der Waals surface area contributed by atoms with Crippen LogP contribution < -0.4 is 4.74 Å². The Labute approximate surface area is 111 Å². The molecule has 4 heteroatoms. The Balaban J connectivity index is 2.21. The number of phenols is 1. The van der Waals surface area contributed by atoms with Crippen LogP contribution in [0.1, 0.15) is 5.56 Å². The third-order valence-electron chi connectivity index (χ3n) is 2.49. The summed E-state index contributed by atoms with van der Waals surface area (Å²) in [6.07, 6.45) is 1.58. The molecule has 98 valence electrons. The number of nitrogens with zero attached hydrogens (tertiary/aromatic N) is 1. The highest BCUT2D eigenvalue weighted by Crippen LogP contribution is 2.27. The second-order valence-corrected chi connectivity index (χ2v) is 3.86. The molecule has 2 N–H and O–H groups in total. The van der Waals surface area contributed by atoms with E-state index in [0.29, 0.717) is 17.0 Å². The molecule has 0 aliphatic carbocycles. The molecular formula is C15H15NO3. The Morgan fingerprint density at radius 2 is 1.79 bits per heavy atom. The van der Waals surface area contributed by atoms with E-state index in [2.05, 4.69) is 4.99 Å². The van der Waals surface area contributed by atoms with E-state index in [1.807, 2.05) is 24.3 Å². The van der Waals surface area contributed by atoms with Gasteiger partial charge in [-0.3, -0.25) is 4.99 Å². The number of aromatic hydroxyl groups is 1. The highest BCUT2D eigenvalue weighted by molar-refractivity contribution is 5.85. The second kappa shape index (κ2) is 6.56. The molecule has 0 heterocycles. The molecule has 0 saturated carbocycles. The quantitative estimate of drug-likeness (QED) is 0.809. The normalized spacial score (nSPS) is 10.8. The molecular weight excluding hydrogens is 242 g/mol. The lowest BCUT2D eigenvalue weighted by atomic mass is 10.2. The number of aliphatic hydroxyl groups excluding tert-OH is 1. The van der Waals surface area contributed by atoms with E-state index < -0.39 is 0 Å².